The second-order valence-corrected chi connectivity index (χ2v) is 9.11. The summed E-state index contributed by atoms with van der Waals surface area (Å²) in [4.78, 5) is 29.7. The molecule has 0 bridgehead atoms. The molecule has 1 amide bonds. The zero-order chi connectivity index (χ0) is 23.5. The van der Waals surface area contributed by atoms with E-state index >= 15 is 0 Å². The van der Waals surface area contributed by atoms with Crippen molar-refractivity contribution in [2.24, 2.45) is 18.9 Å². The van der Waals surface area contributed by atoms with E-state index in [1.54, 1.807) is 29.7 Å². The molecule has 33 heavy (non-hydrogen) atoms. The lowest BCUT2D eigenvalue weighted by Crippen LogP contribution is -2.29. The van der Waals surface area contributed by atoms with Crippen molar-refractivity contribution in [3.8, 4) is 17.1 Å². The Morgan fingerprint density at radius 1 is 1.24 bits per heavy atom. The Morgan fingerprint density at radius 3 is 2.73 bits per heavy atom. The fourth-order valence-corrected chi connectivity index (χ4v) is 4.32. The molecule has 2 saturated carbocycles. The number of carbonyl (C=O) groups excluding carboxylic acids is 1. The first kappa shape index (κ1) is 23.0. The molecular formula is C23H31N5O5. The Bertz CT molecular complexity index is 1020. The minimum absolute atomic E-state index is 0.0147. The molecule has 2 aromatic heterocycles. The maximum Gasteiger partial charge on any atom is 0.409 e. The van der Waals surface area contributed by atoms with Crippen LogP contribution in [0.4, 0.5) is 4.79 Å². The van der Waals surface area contributed by atoms with Crippen molar-refractivity contribution in [1.82, 2.24) is 24.9 Å². The van der Waals surface area contributed by atoms with Crippen LogP contribution >= 0.6 is 0 Å². The third-order valence-electron chi connectivity index (χ3n) is 6.40. The highest BCUT2D eigenvalue weighted by molar-refractivity contribution is 5.68. The van der Waals surface area contributed by atoms with Crippen LogP contribution in [0, 0.1) is 18.8 Å². The first-order chi connectivity index (χ1) is 15.8. The van der Waals surface area contributed by atoms with Gasteiger partial charge in [0.1, 0.15) is 29.8 Å². The Morgan fingerprint density at radius 2 is 2.03 bits per heavy atom. The molecular weight excluding hydrogens is 426 g/mol. The van der Waals surface area contributed by atoms with Crippen molar-refractivity contribution < 1.29 is 24.2 Å². The summed E-state index contributed by atoms with van der Waals surface area (Å²) in [6.07, 6.45) is 4.63. The van der Waals surface area contributed by atoms with Crippen LogP contribution in [0.5, 0.6) is 5.75 Å². The number of carboxylic acid groups (broad SMARTS) is 1. The van der Waals surface area contributed by atoms with Crippen LogP contribution in [0.15, 0.2) is 12.1 Å². The van der Waals surface area contributed by atoms with E-state index in [0.717, 1.165) is 19.3 Å². The van der Waals surface area contributed by atoms with Crippen molar-refractivity contribution in [2.45, 2.75) is 58.2 Å². The maximum atomic E-state index is 12.3. The van der Waals surface area contributed by atoms with Crippen LogP contribution < -0.4 is 4.74 Å². The zero-order valence-corrected chi connectivity index (χ0v) is 19.4. The molecule has 2 aliphatic carbocycles. The third kappa shape index (κ3) is 5.61. The average Bonchev–Trinajstić information content (AvgIpc) is 3.36. The number of carbonyl (C=O) groups is 2. The number of pyridine rings is 1. The highest BCUT2D eigenvalue weighted by Crippen LogP contribution is 2.34. The number of hydrogen-bond acceptors (Lipinski definition) is 7. The Hall–Kier alpha value is -3.17. The normalized spacial score (nSPS) is 20.0. The minimum atomic E-state index is -0.796. The maximum absolute atomic E-state index is 12.3. The predicted octanol–water partition coefficient (Wildman–Crippen LogP) is 3.19. The van der Waals surface area contributed by atoms with Gasteiger partial charge in [-0.05, 0) is 57.1 Å². The Labute approximate surface area is 192 Å². The Kier molecular flexibility index (Phi) is 6.80. The molecule has 2 fully saturated rings. The molecule has 2 heterocycles. The molecule has 0 spiro atoms. The van der Waals surface area contributed by atoms with E-state index in [4.69, 9.17) is 14.6 Å². The molecule has 0 unspecified atom stereocenters. The van der Waals surface area contributed by atoms with E-state index in [9.17, 15) is 9.59 Å². The molecule has 0 aromatic carbocycles. The average molecular weight is 458 g/mol. The highest BCUT2D eigenvalue weighted by atomic mass is 16.6. The monoisotopic (exact) mass is 457 g/mol. The van der Waals surface area contributed by atoms with Crippen molar-refractivity contribution in [1.29, 1.82) is 0 Å². The minimum Gasteiger partial charge on any atom is -0.488 e. The smallest absolute Gasteiger partial charge is 0.409 e. The number of rotatable bonds is 9. The summed E-state index contributed by atoms with van der Waals surface area (Å²) >= 11 is 0. The molecule has 0 saturated heterocycles. The summed E-state index contributed by atoms with van der Waals surface area (Å²) in [5.74, 6) is 0.448. The molecule has 178 valence electrons. The first-order valence-electron chi connectivity index (χ1n) is 11.4. The van der Waals surface area contributed by atoms with Crippen molar-refractivity contribution >= 4 is 12.1 Å². The number of carboxylic acids is 1. The molecule has 1 N–H and O–H groups in total. The second-order valence-electron chi connectivity index (χ2n) is 9.11. The standard InChI is InChI=1S/C23H31N5O5/c1-14-19(33-20-6-4-5-16(20)11-21(29)30)10-9-17(24-14)22-18(28(3)26-25-22)13-32-23(31)27(2)12-15-7-8-15/h9-10,15-16,20H,4-8,11-13H2,1-3H3,(H,29,30)/t16-,20-/m0/s1. The van der Waals surface area contributed by atoms with Crippen LogP contribution in [-0.4, -0.2) is 61.7 Å². The molecule has 10 nitrogen and oxygen atoms in total. The van der Waals surface area contributed by atoms with Gasteiger partial charge in [0.2, 0.25) is 0 Å². The summed E-state index contributed by atoms with van der Waals surface area (Å²) in [6, 6.07) is 3.64. The van der Waals surface area contributed by atoms with Gasteiger partial charge in [0.15, 0.2) is 0 Å². The number of ether oxygens (including phenoxy) is 2. The largest absolute Gasteiger partial charge is 0.488 e. The van der Waals surface area contributed by atoms with Gasteiger partial charge in [0, 0.05) is 26.6 Å². The quantitative estimate of drug-likeness (QED) is 0.610. The number of amides is 1. The molecule has 10 heteroatoms. The van der Waals surface area contributed by atoms with Crippen LogP contribution in [0.1, 0.15) is 49.9 Å². The summed E-state index contributed by atoms with van der Waals surface area (Å²) in [5, 5.41) is 17.4. The van der Waals surface area contributed by atoms with E-state index in [1.165, 1.54) is 12.8 Å². The summed E-state index contributed by atoms with van der Waals surface area (Å²) < 4.78 is 13.2. The SMILES string of the molecule is Cc1nc(-c2nnn(C)c2COC(=O)N(C)CC2CC2)ccc1O[C@H]1CCC[C@H]1CC(=O)O. The fourth-order valence-electron chi connectivity index (χ4n) is 4.32. The number of aryl methyl sites for hydroxylation is 2. The summed E-state index contributed by atoms with van der Waals surface area (Å²) in [6.45, 7) is 2.61. The van der Waals surface area contributed by atoms with Crippen LogP contribution in [0.3, 0.4) is 0 Å². The van der Waals surface area contributed by atoms with Gasteiger partial charge in [-0.2, -0.15) is 0 Å². The lowest BCUT2D eigenvalue weighted by Gasteiger charge is -2.21. The molecule has 4 rings (SSSR count). The highest BCUT2D eigenvalue weighted by Gasteiger charge is 2.31. The second kappa shape index (κ2) is 9.76. The van der Waals surface area contributed by atoms with Crippen molar-refractivity contribution in [2.75, 3.05) is 13.6 Å². The van der Waals surface area contributed by atoms with Gasteiger partial charge in [0.05, 0.1) is 17.8 Å². The van der Waals surface area contributed by atoms with Gasteiger partial charge in [-0.25, -0.2) is 14.5 Å². The van der Waals surface area contributed by atoms with Gasteiger partial charge in [-0.15, -0.1) is 5.10 Å². The number of aromatic nitrogens is 4. The van der Waals surface area contributed by atoms with Crippen molar-refractivity contribution in [3.05, 3.63) is 23.5 Å². The molecule has 0 radical (unpaired) electrons. The lowest BCUT2D eigenvalue weighted by molar-refractivity contribution is -0.138. The topological polar surface area (TPSA) is 120 Å². The zero-order valence-electron chi connectivity index (χ0n) is 19.4. The molecule has 2 atom stereocenters. The molecule has 2 aliphatic rings. The third-order valence-corrected chi connectivity index (χ3v) is 6.40. The first-order valence-corrected chi connectivity index (χ1v) is 11.4. The number of hydrogen-bond donors (Lipinski definition) is 1. The molecule has 2 aromatic rings. The van der Waals surface area contributed by atoms with Gasteiger partial charge in [-0.3, -0.25) is 4.79 Å². The van der Waals surface area contributed by atoms with E-state index in [0.29, 0.717) is 41.0 Å². The predicted molar refractivity (Wildman–Crippen MR) is 119 cm³/mol. The van der Waals surface area contributed by atoms with Gasteiger partial charge in [0.25, 0.3) is 0 Å². The van der Waals surface area contributed by atoms with Crippen LogP contribution in [-0.2, 0) is 23.2 Å². The van der Waals surface area contributed by atoms with Gasteiger partial charge in [-0.1, -0.05) is 5.21 Å². The van der Waals surface area contributed by atoms with Gasteiger partial charge < -0.3 is 19.5 Å². The van der Waals surface area contributed by atoms with E-state index < -0.39 is 5.97 Å². The van der Waals surface area contributed by atoms with E-state index in [2.05, 4.69) is 15.3 Å². The lowest BCUT2D eigenvalue weighted by atomic mass is 10.0. The fraction of sp³-hybridized carbons (Fsp3) is 0.609. The van der Waals surface area contributed by atoms with Gasteiger partial charge >= 0.3 is 12.1 Å². The molecule has 0 aliphatic heterocycles. The van der Waals surface area contributed by atoms with E-state index in [-0.39, 0.29) is 31.1 Å². The summed E-state index contributed by atoms with van der Waals surface area (Å²) in [5.41, 5.74) is 2.50. The van der Waals surface area contributed by atoms with E-state index in [1.807, 2.05) is 13.0 Å². The Balaban J connectivity index is 1.43. The van der Waals surface area contributed by atoms with Crippen molar-refractivity contribution in [3.63, 3.8) is 0 Å². The van der Waals surface area contributed by atoms with Crippen LogP contribution in [0.25, 0.3) is 11.4 Å². The number of nitrogens with zero attached hydrogens (tertiary/aromatic N) is 5. The van der Waals surface area contributed by atoms with Crippen LogP contribution in [0.2, 0.25) is 0 Å². The number of aliphatic carboxylic acids is 1. The summed E-state index contributed by atoms with van der Waals surface area (Å²) in [7, 11) is 3.50.